The first kappa shape index (κ1) is 12.9. The van der Waals surface area contributed by atoms with Crippen molar-refractivity contribution in [3.05, 3.63) is 0 Å². The fraction of sp³-hybridized carbons (Fsp3) is 1.00. The molecular formula is C10H22N2O2S. The Morgan fingerprint density at radius 1 is 1.40 bits per heavy atom. The Bertz CT molecular complexity index is 315. The molecule has 0 unspecified atom stereocenters. The van der Waals surface area contributed by atoms with E-state index in [1.807, 2.05) is 6.92 Å². The number of hydrogen-bond acceptors (Lipinski definition) is 4. The van der Waals surface area contributed by atoms with Gasteiger partial charge in [0.25, 0.3) is 0 Å². The highest BCUT2D eigenvalue weighted by atomic mass is 32.2. The SMILES string of the molecule is CCS(=O)(=O)[C@]1(CN)C[C@@H](CN)C[C@H]1C. The van der Waals surface area contributed by atoms with Crippen LogP contribution in [0, 0.1) is 11.8 Å². The van der Waals surface area contributed by atoms with Crippen LogP contribution in [0.2, 0.25) is 0 Å². The van der Waals surface area contributed by atoms with Gasteiger partial charge >= 0.3 is 0 Å². The molecule has 1 fully saturated rings. The molecule has 0 amide bonds. The van der Waals surface area contributed by atoms with Crippen molar-refractivity contribution in [3.63, 3.8) is 0 Å². The van der Waals surface area contributed by atoms with E-state index in [1.165, 1.54) is 0 Å². The van der Waals surface area contributed by atoms with Crippen LogP contribution in [0.5, 0.6) is 0 Å². The van der Waals surface area contributed by atoms with E-state index < -0.39 is 14.6 Å². The summed E-state index contributed by atoms with van der Waals surface area (Å²) in [5, 5.41) is 0. The van der Waals surface area contributed by atoms with Crippen molar-refractivity contribution >= 4 is 9.84 Å². The van der Waals surface area contributed by atoms with Gasteiger partial charge in [0.15, 0.2) is 9.84 Å². The monoisotopic (exact) mass is 234 g/mol. The summed E-state index contributed by atoms with van der Waals surface area (Å²) in [4.78, 5) is 0. The molecule has 1 saturated carbocycles. The second-order valence-electron chi connectivity index (χ2n) is 4.61. The van der Waals surface area contributed by atoms with Crippen LogP contribution in [0.15, 0.2) is 0 Å². The first-order valence-corrected chi connectivity index (χ1v) is 7.21. The molecule has 0 aliphatic heterocycles. The zero-order valence-corrected chi connectivity index (χ0v) is 10.4. The Morgan fingerprint density at radius 3 is 2.33 bits per heavy atom. The van der Waals surface area contributed by atoms with Crippen LogP contribution in [-0.2, 0) is 9.84 Å². The van der Waals surface area contributed by atoms with Gasteiger partial charge in [-0.2, -0.15) is 0 Å². The summed E-state index contributed by atoms with van der Waals surface area (Å²) < 4.78 is 23.5. The van der Waals surface area contributed by atoms with Crippen molar-refractivity contribution in [2.24, 2.45) is 23.3 Å². The quantitative estimate of drug-likeness (QED) is 0.723. The lowest BCUT2D eigenvalue weighted by Gasteiger charge is -2.31. The average Bonchev–Trinajstić information content (AvgIpc) is 2.56. The van der Waals surface area contributed by atoms with Crippen molar-refractivity contribution in [3.8, 4) is 0 Å². The highest BCUT2D eigenvalue weighted by Gasteiger charge is 2.51. The highest BCUT2D eigenvalue weighted by molar-refractivity contribution is 7.92. The molecule has 5 heteroatoms. The Kier molecular flexibility index (Phi) is 3.79. The zero-order valence-electron chi connectivity index (χ0n) is 9.57. The van der Waals surface area contributed by atoms with E-state index >= 15 is 0 Å². The van der Waals surface area contributed by atoms with Crippen molar-refractivity contribution in [1.29, 1.82) is 0 Å². The van der Waals surface area contributed by atoms with Crippen molar-refractivity contribution in [2.45, 2.75) is 31.4 Å². The zero-order chi connectivity index (χ0) is 11.7. The lowest BCUT2D eigenvalue weighted by atomic mass is 9.97. The molecule has 0 aromatic carbocycles. The molecule has 0 spiro atoms. The van der Waals surface area contributed by atoms with Crippen LogP contribution in [0.1, 0.15) is 26.7 Å². The molecule has 3 atom stereocenters. The van der Waals surface area contributed by atoms with Gasteiger partial charge in [-0.3, -0.25) is 0 Å². The summed E-state index contributed by atoms with van der Waals surface area (Å²) in [7, 11) is -3.08. The lowest BCUT2D eigenvalue weighted by Crippen LogP contribution is -2.48. The third kappa shape index (κ3) is 1.92. The van der Waals surface area contributed by atoms with Gasteiger partial charge in [0.1, 0.15) is 0 Å². The Hall–Kier alpha value is -0.130. The van der Waals surface area contributed by atoms with E-state index in [1.54, 1.807) is 6.92 Å². The van der Waals surface area contributed by atoms with E-state index in [2.05, 4.69) is 0 Å². The van der Waals surface area contributed by atoms with Crippen LogP contribution in [-0.4, -0.2) is 32.0 Å². The number of rotatable bonds is 4. The molecular weight excluding hydrogens is 212 g/mol. The minimum absolute atomic E-state index is 0.126. The molecule has 0 heterocycles. The van der Waals surface area contributed by atoms with Gasteiger partial charge in [-0.25, -0.2) is 8.42 Å². The van der Waals surface area contributed by atoms with E-state index in [0.717, 1.165) is 6.42 Å². The summed E-state index contributed by atoms with van der Waals surface area (Å²) >= 11 is 0. The van der Waals surface area contributed by atoms with Crippen LogP contribution >= 0.6 is 0 Å². The summed E-state index contributed by atoms with van der Waals surface area (Å²) in [6.07, 6.45) is 1.52. The van der Waals surface area contributed by atoms with E-state index in [9.17, 15) is 8.42 Å². The van der Waals surface area contributed by atoms with Gasteiger partial charge in [0, 0.05) is 12.3 Å². The summed E-state index contributed by atoms with van der Waals surface area (Å²) in [6.45, 7) is 4.46. The van der Waals surface area contributed by atoms with Crippen molar-refractivity contribution in [1.82, 2.24) is 0 Å². The maximum Gasteiger partial charge on any atom is 0.157 e. The van der Waals surface area contributed by atoms with Gasteiger partial charge in [0.2, 0.25) is 0 Å². The van der Waals surface area contributed by atoms with E-state index in [-0.39, 0.29) is 18.2 Å². The van der Waals surface area contributed by atoms with E-state index in [0.29, 0.717) is 18.9 Å². The van der Waals surface area contributed by atoms with Gasteiger partial charge in [0.05, 0.1) is 4.75 Å². The molecule has 0 radical (unpaired) electrons. The van der Waals surface area contributed by atoms with Crippen LogP contribution in [0.4, 0.5) is 0 Å². The van der Waals surface area contributed by atoms with Crippen LogP contribution in [0.3, 0.4) is 0 Å². The molecule has 4 N–H and O–H groups in total. The standard InChI is InChI=1S/C10H22N2O2S/c1-3-15(13,14)10(7-12)5-9(6-11)4-8(10)2/h8-9H,3-7,11-12H2,1-2H3/t8-,9+,10+/m1/s1. The smallest absolute Gasteiger partial charge is 0.157 e. The van der Waals surface area contributed by atoms with Gasteiger partial charge in [-0.05, 0) is 31.2 Å². The molecule has 0 aromatic heterocycles. The Morgan fingerprint density at radius 2 is 2.00 bits per heavy atom. The molecule has 0 bridgehead atoms. The lowest BCUT2D eigenvalue weighted by molar-refractivity contribution is 0.433. The minimum atomic E-state index is -3.08. The fourth-order valence-electron chi connectivity index (χ4n) is 2.80. The van der Waals surface area contributed by atoms with Crippen LogP contribution < -0.4 is 11.5 Å². The second-order valence-corrected chi connectivity index (χ2v) is 7.23. The third-order valence-corrected chi connectivity index (χ3v) is 6.63. The van der Waals surface area contributed by atoms with Gasteiger partial charge in [-0.1, -0.05) is 13.8 Å². The summed E-state index contributed by atoms with van der Waals surface area (Å²) in [6, 6.07) is 0. The van der Waals surface area contributed by atoms with Crippen molar-refractivity contribution in [2.75, 3.05) is 18.8 Å². The predicted octanol–water partition coefficient (Wildman–Crippen LogP) is 0.123. The highest BCUT2D eigenvalue weighted by Crippen LogP contribution is 2.44. The molecule has 1 rings (SSSR count). The minimum Gasteiger partial charge on any atom is -0.330 e. The predicted molar refractivity (Wildman–Crippen MR) is 62.2 cm³/mol. The van der Waals surface area contributed by atoms with Crippen LogP contribution in [0.25, 0.3) is 0 Å². The molecule has 90 valence electrons. The largest absolute Gasteiger partial charge is 0.330 e. The van der Waals surface area contributed by atoms with E-state index in [4.69, 9.17) is 11.5 Å². The maximum absolute atomic E-state index is 12.1. The first-order chi connectivity index (χ1) is 6.93. The fourth-order valence-corrected chi connectivity index (χ4v) is 4.83. The normalized spacial score (nSPS) is 37.1. The summed E-state index contributed by atoms with van der Waals surface area (Å²) in [5.74, 6) is 0.608. The third-order valence-electron chi connectivity index (χ3n) is 3.90. The summed E-state index contributed by atoms with van der Waals surface area (Å²) in [5.41, 5.74) is 11.3. The topological polar surface area (TPSA) is 86.2 Å². The molecule has 4 nitrogen and oxygen atoms in total. The molecule has 0 aromatic rings. The Balaban J connectivity index is 3.06. The van der Waals surface area contributed by atoms with Gasteiger partial charge < -0.3 is 11.5 Å². The molecule has 1 aliphatic carbocycles. The maximum atomic E-state index is 12.1. The molecule has 0 saturated heterocycles. The second kappa shape index (κ2) is 4.39. The number of nitrogens with two attached hydrogens (primary N) is 2. The first-order valence-electron chi connectivity index (χ1n) is 5.56. The van der Waals surface area contributed by atoms with Crippen molar-refractivity contribution < 1.29 is 8.42 Å². The average molecular weight is 234 g/mol. The number of hydrogen-bond donors (Lipinski definition) is 2. The molecule has 15 heavy (non-hydrogen) atoms. The van der Waals surface area contributed by atoms with Gasteiger partial charge in [-0.15, -0.1) is 0 Å². The number of sulfone groups is 1. The Labute approximate surface area is 92.3 Å². The molecule has 1 aliphatic rings.